The molecule has 1 rings (SSSR count). The van der Waals surface area contributed by atoms with Crippen LogP contribution in [0.15, 0.2) is 24.4 Å². The molecule has 74 valence electrons. The van der Waals surface area contributed by atoms with Crippen molar-refractivity contribution in [2.24, 2.45) is 0 Å². The Morgan fingerprint density at radius 2 is 2.00 bits per heavy atom. The van der Waals surface area contributed by atoms with Crippen LogP contribution in [-0.2, 0) is 24.8 Å². The molecular weight excluding hydrogens is 342 g/mol. The molecule has 1 aromatic heterocycles. The predicted octanol–water partition coefficient (Wildman–Crippen LogP) is 2.74. The van der Waals surface area contributed by atoms with Crippen LogP contribution >= 0.6 is 0 Å². The van der Waals surface area contributed by atoms with Crippen LogP contribution in [-0.4, -0.2) is 9.38 Å². The third kappa shape index (κ3) is 3.30. The normalized spacial score (nSPS) is 11.9. The van der Waals surface area contributed by atoms with Crippen molar-refractivity contribution in [3.05, 3.63) is 35.7 Å². The van der Waals surface area contributed by atoms with Crippen molar-refractivity contribution in [3.63, 3.8) is 0 Å². The number of rotatable bonds is 2. The molecule has 0 amide bonds. The average molecular weight is 357 g/mol. The molecule has 0 N–H and O–H groups in total. The molecule has 2 heteroatoms. The van der Waals surface area contributed by atoms with E-state index in [0.717, 1.165) is 11.3 Å². The van der Waals surface area contributed by atoms with Gasteiger partial charge >= 0.3 is 96.7 Å². The second-order valence-electron chi connectivity index (χ2n) is 4.22. The topological polar surface area (TPSA) is 12.9 Å². The van der Waals surface area contributed by atoms with E-state index in [-0.39, 0.29) is 5.41 Å². The van der Waals surface area contributed by atoms with E-state index < -0.39 is 0 Å². The van der Waals surface area contributed by atoms with Crippen molar-refractivity contribution in [1.82, 2.24) is 4.98 Å². The van der Waals surface area contributed by atoms with Gasteiger partial charge in [-0.1, -0.05) is 0 Å². The first-order valence-corrected chi connectivity index (χ1v) is 6.32. The van der Waals surface area contributed by atoms with Gasteiger partial charge < -0.3 is 0 Å². The summed E-state index contributed by atoms with van der Waals surface area (Å²) >= 11 is 1.47. The molecule has 0 saturated carbocycles. The van der Waals surface area contributed by atoms with Crippen LogP contribution < -0.4 is 0 Å². The van der Waals surface area contributed by atoms with Gasteiger partial charge in [0.1, 0.15) is 0 Å². The minimum absolute atomic E-state index is 0.142. The first-order valence-electron chi connectivity index (χ1n) is 4.62. The maximum absolute atomic E-state index is 4.44. The summed E-state index contributed by atoms with van der Waals surface area (Å²) in [6.07, 6.45) is 6.06. The van der Waals surface area contributed by atoms with Crippen LogP contribution in [0.3, 0.4) is 0 Å². The zero-order valence-electron chi connectivity index (χ0n) is 8.82. The summed E-state index contributed by atoms with van der Waals surface area (Å²) < 4.78 is 2.09. The Morgan fingerprint density at radius 3 is 2.43 bits per heavy atom. The summed E-state index contributed by atoms with van der Waals surface area (Å²) in [5.41, 5.74) is 2.44. The first kappa shape index (κ1) is 11.5. The van der Waals surface area contributed by atoms with Gasteiger partial charge in [-0.25, -0.2) is 0 Å². The summed E-state index contributed by atoms with van der Waals surface area (Å²) in [6.45, 7) is 6.52. The van der Waals surface area contributed by atoms with Crippen LogP contribution in [0.25, 0.3) is 6.08 Å². The summed E-state index contributed by atoms with van der Waals surface area (Å²) in [5, 5.41) is 0. The van der Waals surface area contributed by atoms with E-state index in [4.69, 9.17) is 0 Å². The molecule has 0 bridgehead atoms. The van der Waals surface area contributed by atoms with Crippen LogP contribution in [0.2, 0.25) is 0 Å². The Morgan fingerprint density at radius 1 is 1.29 bits per heavy atom. The molecule has 0 spiro atoms. The molecule has 1 nitrogen and oxygen atoms in total. The van der Waals surface area contributed by atoms with Gasteiger partial charge in [0.15, 0.2) is 0 Å². The average Bonchev–Trinajstić information content (AvgIpc) is 2.14. The molecule has 0 fully saturated rings. The molecule has 0 aliphatic rings. The Labute approximate surface area is 96.7 Å². The Kier molecular flexibility index (Phi) is 3.95. The van der Waals surface area contributed by atoms with Crippen LogP contribution in [0.4, 0.5) is 0 Å². The first-order chi connectivity index (χ1) is 6.54. The van der Waals surface area contributed by atoms with Crippen molar-refractivity contribution in [1.29, 1.82) is 0 Å². The van der Waals surface area contributed by atoms with Crippen molar-refractivity contribution < 1.29 is 19.4 Å². The third-order valence-electron chi connectivity index (χ3n) is 1.92. The fourth-order valence-corrected chi connectivity index (χ4v) is 1.38. The Bertz CT molecular complexity index is 330. The fraction of sp³-hybridized carbons (Fsp3) is 0.333. The van der Waals surface area contributed by atoms with Crippen LogP contribution in [0, 0.1) is 0 Å². The minimum atomic E-state index is 0.142. The summed E-state index contributed by atoms with van der Waals surface area (Å²) in [6, 6.07) is 4.21. The van der Waals surface area contributed by atoms with E-state index in [0.29, 0.717) is 0 Å². The van der Waals surface area contributed by atoms with E-state index in [1.807, 2.05) is 6.20 Å². The van der Waals surface area contributed by atoms with E-state index in [9.17, 15) is 0 Å². The van der Waals surface area contributed by atoms with Crippen LogP contribution in [0.1, 0.15) is 32.0 Å². The molecule has 0 atom stereocenters. The number of hydrogen-bond donors (Lipinski definition) is 0. The van der Waals surface area contributed by atoms with Crippen molar-refractivity contribution >= 4 is 10.5 Å². The Balaban J connectivity index is 2.89. The van der Waals surface area contributed by atoms with Gasteiger partial charge in [-0.3, -0.25) is 0 Å². The second-order valence-corrected chi connectivity index (χ2v) is 5.20. The predicted molar refractivity (Wildman–Crippen MR) is 58.0 cm³/mol. The van der Waals surface area contributed by atoms with Gasteiger partial charge in [0.2, 0.25) is 0 Å². The maximum atomic E-state index is 4.44. The number of nitrogens with zero attached hydrogens (tertiary/aromatic N) is 1. The van der Waals surface area contributed by atoms with Gasteiger partial charge in [-0.2, -0.15) is 0 Å². The van der Waals surface area contributed by atoms with Gasteiger partial charge in [-0.15, -0.1) is 0 Å². The third-order valence-corrected chi connectivity index (χ3v) is 2.49. The van der Waals surface area contributed by atoms with E-state index in [1.165, 1.54) is 19.4 Å². The molecule has 14 heavy (non-hydrogen) atoms. The molecule has 0 unspecified atom stereocenters. The molecule has 0 saturated heterocycles. The summed E-state index contributed by atoms with van der Waals surface area (Å²) in [7, 11) is 0. The van der Waals surface area contributed by atoms with Crippen molar-refractivity contribution in [2.75, 3.05) is 0 Å². The van der Waals surface area contributed by atoms with E-state index >= 15 is 0 Å². The summed E-state index contributed by atoms with van der Waals surface area (Å²) in [4.78, 5) is 4.44. The monoisotopic (exact) mass is 357 g/mol. The number of allylic oxidation sites excluding steroid dienone is 1. The SMILES string of the molecule is CC(C)(C)c1ccc(C=C[CH]=[W])cn1. The van der Waals surface area contributed by atoms with Gasteiger partial charge in [0.05, 0.1) is 0 Å². The second kappa shape index (κ2) is 4.79. The molecule has 1 heterocycles. The fourth-order valence-electron chi connectivity index (χ4n) is 1.10. The van der Waals surface area contributed by atoms with E-state index in [1.54, 1.807) is 0 Å². The van der Waals surface area contributed by atoms with Gasteiger partial charge in [0, 0.05) is 0 Å². The number of hydrogen-bond acceptors (Lipinski definition) is 1. The summed E-state index contributed by atoms with van der Waals surface area (Å²) in [5.74, 6) is 0. The van der Waals surface area contributed by atoms with Crippen molar-refractivity contribution in [3.8, 4) is 0 Å². The van der Waals surface area contributed by atoms with Crippen LogP contribution in [0.5, 0.6) is 0 Å². The van der Waals surface area contributed by atoms with Crippen molar-refractivity contribution in [2.45, 2.75) is 26.2 Å². The molecule has 0 aliphatic carbocycles. The standard InChI is InChI=1S/C12H15N.W/c1-5-6-10-7-8-11(13-9-10)12(2,3)4;/h1,5-9H,2-4H3;. The number of aromatic nitrogens is 1. The Hall–Kier alpha value is -0.552. The molecule has 1 aromatic rings. The molecule has 0 aliphatic heterocycles. The number of pyridine rings is 1. The van der Waals surface area contributed by atoms with Gasteiger partial charge in [-0.05, 0) is 0 Å². The molecule has 0 aromatic carbocycles. The zero-order valence-corrected chi connectivity index (χ0v) is 11.8. The zero-order chi connectivity index (χ0) is 10.6. The van der Waals surface area contributed by atoms with Gasteiger partial charge in [0.25, 0.3) is 0 Å². The molecular formula is C12H15NW. The quantitative estimate of drug-likeness (QED) is 0.794. The van der Waals surface area contributed by atoms with E-state index in [2.05, 4.69) is 54.4 Å². The molecule has 0 radical (unpaired) electrons.